The minimum atomic E-state index is 0.499. The van der Waals surface area contributed by atoms with E-state index in [1.807, 2.05) is 5.38 Å². The Morgan fingerprint density at radius 3 is 2.40 bits per heavy atom. The van der Waals surface area contributed by atoms with Gasteiger partial charge in [0.1, 0.15) is 0 Å². The minimum absolute atomic E-state index is 0.499. The fraction of sp³-hybridized carbons (Fsp3) is 0. The van der Waals surface area contributed by atoms with Crippen LogP contribution in [0.4, 0.5) is 0 Å². The molecule has 0 saturated heterocycles. The van der Waals surface area contributed by atoms with Crippen molar-refractivity contribution < 1.29 is 9.59 Å². The van der Waals surface area contributed by atoms with Gasteiger partial charge in [0.25, 0.3) is 0 Å². The Hall–Kier alpha value is -0.520. The van der Waals surface area contributed by atoms with Gasteiger partial charge in [0.2, 0.25) is 0 Å². The standard InChI is InChI=1S/C10H4Br2O2S/c11-7-4-15-10-8(7)5(2-13)1-6(3-14)9(10)12/h1-4H. The van der Waals surface area contributed by atoms with Crippen LogP contribution in [0, 0.1) is 0 Å². The van der Waals surface area contributed by atoms with Crippen molar-refractivity contribution in [3.63, 3.8) is 0 Å². The molecule has 0 unspecified atom stereocenters. The van der Waals surface area contributed by atoms with E-state index in [4.69, 9.17) is 0 Å². The molecule has 15 heavy (non-hydrogen) atoms. The number of fused-ring (bicyclic) bond motifs is 1. The Balaban J connectivity index is 2.98. The molecular weight excluding hydrogens is 344 g/mol. The molecule has 0 aliphatic carbocycles. The smallest absolute Gasteiger partial charge is 0.151 e. The lowest BCUT2D eigenvalue weighted by molar-refractivity contribution is 0.112. The number of hydrogen-bond donors (Lipinski definition) is 0. The number of aldehydes is 2. The summed E-state index contributed by atoms with van der Waals surface area (Å²) in [6.07, 6.45) is 1.50. The second kappa shape index (κ2) is 4.15. The van der Waals surface area contributed by atoms with Crippen molar-refractivity contribution in [3.05, 3.63) is 31.5 Å². The van der Waals surface area contributed by atoms with Crippen molar-refractivity contribution in [2.45, 2.75) is 0 Å². The molecule has 0 amide bonds. The molecule has 0 N–H and O–H groups in total. The highest BCUT2D eigenvalue weighted by Gasteiger charge is 2.13. The van der Waals surface area contributed by atoms with Gasteiger partial charge in [-0.1, -0.05) is 0 Å². The number of benzene rings is 1. The Labute approximate surface area is 107 Å². The average molecular weight is 348 g/mol. The van der Waals surface area contributed by atoms with Gasteiger partial charge in [-0.2, -0.15) is 0 Å². The maximum Gasteiger partial charge on any atom is 0.151 e. The van der Waals surface area contributed by atoms with Crippen molar-refractivity contribution >= 4 is 65.9 Å². The summed E-state index contributed by atoms with van der Waals surface area (Å²) in [4.78, 5) is 21.7. The minimum Gasteiger partial charge on any atom is -0.298 e. The van der Waals surface area contributed by atoms with E-state index >= 15 is 0 Å². The molecular formula is C10H4Br2O2S. The molecule has 2 aromatic rings. The molecule has 2 nitrogen and oxygen atoms in total. The molecule has 1 aromatic heterocycles. The molecule has 0 aliphatic heterocycles. The fourth-order valence-corrected chi connectivity index (χ4v) is 3.81. The number of carbonyl (C=O) groups excluding carboxylic acids is 2. The lowest BCUT2D eigenvalue weighted by atomic mass is 10.1. The quantitative estimate of drug-likeness (QED) is 0.768. The van der Waals surface area contributed by atoms with E-state index in [1.165, 1.54) is 11.3 Å². The third kappa shape index (κ3) is 1.68. The first kappa shape index (κ1) is 11.0. The normalized spacial score (nSPS) is 10.5. The summed E-state index contributed by atoms with van der Waals surface area (Å²) >= 11 is 8.23. The fourth-order valence-electron chi connectivity index (χ4n) is 1.38. The second-order valence-corrected chi connectivity index (χ2v) is 5.42. The zero-order valence-corrected chi connectivity index (χ0v) is 11.3. The first-order chi connectivity index (χ1) is 7.19. The first-order valence-electron chi connectivity index (χ1n) is 3.98. The SMILES string of the molecule is O=Cc1cc(C=O)c2c(Br)csc2c1Br. The summed E-state index contributed by atoms with van der Waals surface area (Å²) in [7, 11) is 0. The van der Waals surface area contributed by atoms with Gasteiger partial charge >= 0.3 is 0 Å². The van der Waals surface area contributed by atoms with Crippen LogP contribution in [0.25, 0.3) is 10.1 Å². The summed E-state index contributed by atoms with van der Waals surface area (Å²) in [5, 5.41) is 2.75. The Morgan fingerprint density at radius 1 is 1.13 bits per heavy atom. The number of carbonyl (C=O) groups is 2. The number of thiophene rings is 1. The molecule has 0 fully saturated rings. The van der Waals surface area contributed by atoms with Crippen LogP contribution in [0.3, 0.4) is 0 Å². The summed E-state index contributed by atoms with van der Waals surface area (Å²) in [5.74, 6) is 0. The van der Waals surface area contributed by atoms with Crippen LogP contribution >= 0.6 is 43.2 Å². The molecule has 5 heteroatoms. The number of halogens is 2. The predicted molar refractivity (Wildman–Crippen MR) is 68.0 cm³/mol. The van der Waals surface area contributed by atoms with Crippen LogP contribution in [-0.2, 0) is 0 Å². The van der Waals surface area contributed by atoms with Gasteiger partial charge in [0, 0.05) is 30.8 Å². The summed E-state index contributed by atoms with van der Waals surface area (Å²) in [6.45, 7) is 0. The van der Waals surface area contributed by atoms with Crippen LogP contribution in [-0.4, -0.2) is 12.6 Å². The first-order valence-corrected chi connectivity index (χ1v) is 6.45. The third-order valence-electron chi connectivity index (χ3n) is 2.05. The highest BCUT2D eigenvalue weighted by Crippen LogP contribution is 2.38. The summed E-state index contributed by atoms with van der Waals surface area (Å²) < 4.78 is 2.53. The van der Waals surface area contributed by atoms with Gasteiger partial charge in [-0.05, 0) is 37.9 Å². The molecule has 0 spiro atoms. The highest BCUT2D eigenvalue weighted by molar-refractivity contribution is 9.11. The van der Waals surface area contributed by atoms with Gasteiger partial charge in [-0.25, -0.2) is 0 Å². The maximum absolute atomic E-state index is 10.9. The topological polar surface area (TPSA) is 34.1 Å². The Bertz CT molecular complexity index is 560. The van der Waals surface area contributed by atoms with E-state index in [2.05, 4.69) is 31.9 Å². The molecule has 1 aromatic carbocycles. The van der Waals surface area contributed by atoms with Gasteiger partial charge in [0.05, 0.1) is 4.70 Å². The number of hydrogen-bond acceptors (Lipinski definition) is 3. The lowest BCUT2D eigenvalue weighted by Gasteiger charge is -2.02. The number of rotatable bonds is 2. The monoisotopic (exact) mass is 346 g/mol. The van der Waals surface area contributed by atoms with Crippen LogP contribution in [0.5, 0.6) is 0 Å². The third-order valence-corrected chi connectivity index (χ3v) is 5.10. The van der Waals surface area contributed by atoms with Gasteiger partial charge in [0.15, 0.2) is 12.6 Å². The molecule has 1 heterocycles. The van der Waals surface area contributed by atoms with E-state index in [9.17, 15) is 9.59 Å². The van der Waals surface area contributed by atoms with E-state index in [0.717, 1.165) is 31.6 Å². The van der Waals surface area contributed by atoms with Crippen LogP contribution in [0.2, 0.25) is 0 Å². The molecule has 0 bridgehead atoms. The van der Waals surface area contributed by atoms with Crippen molar-refractivity contribution in [1.29, 1.82) is 0 Å². The zero-order chi connectivity index (χ0) is 11.0. The summed E-state index contributed by atoms with van der Waals surface area (Å²) in [5.41, 5.74) is 1.03. The molecule has 2 rings (SSSR count). The van der Waals surface area contributed by atoms with Crippen molar-refractivity contribution in [1.82, 2.24) is 0 Å². The summed E-state index contributed by atoms with van der Waals surface area (Å²) in [6, 6.07) is 1.59. The lowest BCUT2D eigenvalue weighted by Crippen LogP contribution is -1.89. The Morgan fingerprint density at radius 2 is 1.80 bits per heavy atom. The van der Waals surface area contributed by atoms with Crippen molar-refractivity contribution in [3.8, 4) is 0 Å². The largest absolute Gasteiger partial charge is 0.298 e. The van der Waals surface area contributed by atoms with Crippen LogP contribution in [0.1, 0.15) is 20.7 Å². The van der Waals surface area contributed by atoms with Crippen molar-refractivity contribution in [2.24, 2.45) is 0 Å². The zero-order valence-electron chi connectivity index (χ0n) is 7.29. The van der Waals surface area contributed by atoms with Crippen LogP contribution < -0.4 is 0 Å². The molecule has 76 valence electrons. The van der Waals surface area contributed by atoms with Gasteiger partial charge in [-0.15, -0.1) is 11.3 Å². The molecule has 0 radical (unpaired) electrons. The van der Waals surface area contributed by atoms with E-state index < -0.39 is 0 Å². The van der Waals surface area contributed by atoms with Gasteiger partial charge < -0.3 is 0 Å². The van der Waals surface area contributed by atoms with E-state index in [0.29, 0.717) is 11.1 Å². The molecule has 0 aliphatic rings. The predicted octanol–water partition coefficient (Wildman–Crippen LogP) is 4.05. The van der Waals surface area contributed by atoms with Crippen LogP contribution in [0.15, 0.2) is 20.4 Å². The van der Waals surface area contributed by atoms with E-state index in [-0.39, 0.29) is 0 Å². The maximum atomic E-state index is 10.9. The Kier molecular flexibility index (Phi) is 3.04. The van der Waals surface area contributed by atoms with Gasteiger partial charge in [-0.3, -0.25) is 9.59 Å². The average Bonchev–Trinajstić information content (AvgIpc) is 2.63. The van der Waals surface area contributed by atoms with Crippen molar-refractivity contribution in [2.75, 3.05) is 0 Å². The molecule has 0 saturated carbocycles. The van der Waals surface area contributed by atoms with E-state index in [1.54, 1.807) is 6.07 Å². The second-order valence-electron chi connectivity index (χ2n) is 2.89. The molecule has 0 atom stereocenters. The highest BCUT2D eigenvalue weighted by atomic mass is 79.9.